The van der Waals surface area contributed by atoms with Crippen LogP contribution in [0.25, 0.3) is 43.5 Å². The molecule has 0 saturated heterocycles. The van der Waals surface area contributed by atoms with Gasteiger partial charge in [0.25, 0.3) is 0 Å². The Labute approximate surface area is 324 Å². The fraction of sp³-hybridized carbons (Fsp3) is 0. The van der Waals surface area contributed by atoms with Gasteiger partial charge in [-0.15, -0.1) is 22.7 Å². The van der Waals surface area contributed by atoms with Crippen molar-refractivity contribution in [1.29, 1.82) is 0 Å². The van der Waals surface area contributed by atoms with Crippen LogP contribution in [0.3, 0.4) is 0 Å². The Kier molecular flexibility index (Phi) is 9.37. The molecule has 9 aromatic rings. The summed E-state index contributed by atoms with van der Waals surface area (Å²) in [7, 11) is -3.19. The van der Waals surface area contributed by atoms with Crippen molar-refractivity contribution in [3.8, 4) is 0 Å². The Balaban J connectivity index is 1.09. The van der Waals surface area contributed by atoms with Crippen LogP contribution in [0.2, 0.25) is 0 Å². The zero-order valence-corrected chi connectivity index (χ0v) is 31.9. The monoisotopic (exact) mass is 746 g/mol. The number of hydrogen-bond donors (Lipinski definition) is 0. The molecule has 9 rings (SSSR count). The van der Waals surface area contributed by atoms with E-state index in [2.05, 4.69) is 182 Å². The minimum Gasteiger partial charge on any atom is -0.309 e. The Hall–Kier alpha value is -5.83. The summed E-state index contributed by atoms with van der Waals surface area (Å²) in [6.45, 7) is 0. The van der Waals surface area contributed by atoms with Crippen LogP contribution in [0.5, 0.6) is 0 Å². The molecule has 1 nitrogen and oxygen atoms in total. The molecule has 0 fully saturated rings. The SMILES string of the molecule is O=P(c1ccccc1)(c1ccc(/C=C(\c2ccccc2)c2cc3ccccc3s2)cc1)c1ccc(/C=C(\c2ccccc2)c2cc3ccccc3s2)cc1. The summed E-state index contributed by atoms with van der Waals surface area (Å²) in [6.07, 6.45) is 4.50. The first kappa shape index (κ1) is 34.0. The van der Waals surface area contributed by atoms with Crippen LogP contribution < -0.4 is 15.9 Å². The maximum Gasteiger partial charge on any atom is 0.171 e. The van der Waals surface area contributed by atoms with Gasteiger partial charge in [0.1, 0.15) is 0 Å². The van der Waals surface area contributed by atoms with E-state index >= 15 is 4.57 Å². The molecule has 0 spiro atoms. The summed E-state index contributed by atoms with van der Waals surface area (Å²) < 4.78 is 18.1. The molecule has 0 N–H and O–H groups in total. The van der Waals surface area contributed by atoms with E-state index in [1.807, 2.05) is 53.0 Å². The minimum atomic E-state index is -3.19. The summed E-state index contributed by atoms with van der Waals surface area (Å²) in [4.78, 5) is 2.44. The first-order valence-corrected chi connectivity index (χ1v) is 21.3. The summed E-state index contributed by atoms with van der Waals surface area (Å²) in [6, 6.07) is 69.3. The maximum atomic E-state index is 15.5. The minimum absolute atomic E-state index is 0.813. The van der Waals surface area contributed by atoms with Crippen molar-refractivity contribution in [2.75, 3.05) is 0 Å². The van der Waals surface area contributed by atoms with Crippen molar-refractivity contribution in [2.45, 2.75) is 0 Å². The van der Waals surface area contributed by atoms with Gasteiger partial charge in [0.05, 0.1) is 0 Å². The van der Waals surface area contributed by atoms with Crippen LogP contribution in [-0.2, 0) is 4.57 Å². The maximum absolute atomic E-state index is 15.5. The van der Waals surface area contributed by atoms with E-state index in [1.54, 1.807) is 0 Å². The lowest BCUT2D eigenvalue weighted by Crippen LogP contribution is -2.25. The molecule has 0 atom stereocenters. The van der Waals surface area contributed by atoms with Gasteiger partial charge >= 0.3 is 0 Å². The fourth-order valence-corrected chi connectivity index (χ4v) is 11.9. The molecular weight excluding hydrogens is 712 g/mol. The summed E-state index contributed by atoms with van der Waals surface area (Å²) in [5.74, 6) is 0. The second-order valence-corrected chi connectivity index (χ2v) is 18.2. The highest BCUT2D eigenvalue weighted by Crippen LogP contribution is 2.43. The predicted octanol–water partition coefficient (Wildman–Crippen LogP) is 12.9. The molecule has 0 unspecified atom stereocenters. The summed E-state index contributed by atoms with van der Waals surface area (Å²) in [5.41, 5.74) is 6.80. The van der Waals surface area contributed by atoms with E-state index in [-0.39, 0.29) is 0 Å². The Morgan fingerprint density at radius 2 is 0.741 bits per heavy atom. The normalized spacial score (nSPS) is 12.4. The molecule has 0 saturated carbocycles. The van der Waals surface area contributed by atoms with Crippen LogP contribution in [0.1, 0.15) is 32.0 Å². The van der Waals surface area contributed by atoms with E-state index in [0.717, 1.165) is 27.0 Å². The summed E-state index contributed by atoms with van der Waals surface area (Å²) in [5, 5.41) is 4.94. The van der Waals surface area contributed by atoms with Crippen LogP contribution >= 0.6 is 29.8 Å². The second kappa shape index (κ2) is 14.9. The van der Waals surface area contributed by atoms with Crippen molar-refractivity contribution >= 4 is 89.2 Å². The largest absolute Gasteiger partial charge is 0.309 e. The molecule has 0 aliphatic heterocycles. The number of thiophene rings is 2. The Bertz CT molecular complexity index is 2570. The zero-order chi connectivity index (χ0) is 36.3. The zero-order valence-electron chi connectivity index (χ0n) is 29.4. The predicted molar refractivity (Wildman–Crippen MR) is 236 cm³/mol. The lowest BCUT2D eigenvalue weighted by Gasteiger charge is -2.20. The molecule has 0 bridgehead atoms. The van der Waals surface area contributed by atoms with E-state index in [9.17, 15) is 0 Å². The van der Waals surface area contributed by atoms with Crippen LogP contribution in [0, 0.1) is 0 Å². The number of benzene rings is 7. The first-order chi connectivity index (χ1) is 26.6. The number of rotatable bonds is 9. The average Bonchev–Trinajstić information content (AvgIpc) is 3.88. The van der Waals surface area contributed by atoms with Gasteiger partial charge < -0.3 is 4.57 Å². The van der Waals surface area contributed by atoms with Crippen molar-refractivity contribution < 1.29 is 4.57 Å². The molecule has 2 heterocycles. The van der Waals surface area contributed by atoms with Crippen molar-refractivity contribution in [2.24, 2.45) is 0 Å². The molecule has 0 amide bonds. The Morgan fingerprint density at radius 3 is 1.15 bits per heavy atom. The van der Waals surface area contributed by atoms with E-state index < -0.39 is 7.14 Å². The van der Waals surface area contributed by atoms with Gasteiger partial charge in [-0.2, -0.15) is 0 Å². The molecular formula is C50H35OPS2. The third-order valence-electron chi connectivity index (χ3n) is 9.81. The Morgan fingerprint density at radius 1 is 0.389 bits per heavy atom. The van der Waals surface area contributed by atoms with Gasteiger partial charge in [-0.3, -0.25) is 0 Å². The third-order valence-corrected chi connectivity index (χ3v) is 15.2. The van der Waals surface area contributed by atoms with Crippen molar-refractivity contribution in [1.82, 2.24) is 0 Å². The molecule has 7 aromatic carbocycles. The van der Waals surface area contributed by atoms with Gasteiger partial charge in [0, 0.05) is 35.1 Å². The molecule has 0 aliphatic rings. The van der Waals surface area contributed by atoms with Crippen LogP contribution in [0.4, 0.5) is 0 Å². The number of hydrogen-bond acceptors (Lipinski definition) is 3. The van der Waals surface area contributed by atoms with Crippen LogP contribution in [-0.4, -0.2) is 0 Å². The highest BCUT2D eigenvalue weighted by molar-refractivity contribution is 7.85. The van der Waals surface area contributed by atoms with Gasteiger partial charge in [0.2, 0.25) is 0 Å². The highest BCUT2D eigenvalue weighted by atomic mass is 32.1. The van der Waals surface area contributed by atoms with E-state index in [1.165, 1.54) is 52.2 Å². The van der Waals surface area contributed by atoms with Gasteiger partial charge in [-0.25, -0.2) is 0 Å². The number of fused-ring (bicyclic) bond motifs is 2. The average molecular weight is 747 g/mol. The first-order valence-electron chi connectivity index (χ1n) is 18.0. The fourth-order valence-electron chi connectivity index (χ4n) is 7.04. The molecule has 0 aliphatic carbocycles. The van der Waals surface area contributed by atoms with Crippen LogP contribution in [0.15, 0.2) is 200 Å². The molecule has 2 aromatic heterocycles. The van der Waals surface area contributed by atoms with Gasteiger partial charge in [0.15, 0.2) is 7.14 Å². The molecule has 0 radical (unpaired) electrons. The van der Waals surface area contributed by atoms with E-state index in [0.29, 0.717) is 0 Å². The molecule has 258 valence electrons. The van der Waals surface area contributed by atoms with Gasteiger partial charge in [-0.1, -0.05) is 176 Å². The molecule has 4 heteroatoms. The molecule has 54 heavy (non-hydrogen) atoms. The second-order valence-electron chi connectivity index (χ2n) is 13.3. The lowest BCUT2D eigenvalue weighted by atomic mass is 10.0. The van der Waals surface area contributed by atoms with Crippen molar-refractivity contribution in [3.05, 3.63) is 232 Å². The highest BCUT2D eigenvalue weighted by Gasteiger charge is 2.29. The summed E-state index contributed by atoms with van der Waals surface area (Å²) >= 11 is 3.62. The topological polar surface area (TPSA) is 17.1 Å². The lowest BCUT2D eigenvalue weighted by molar-refractivity contribution is 0.592. The van der Waals surface area contributed by atoms with E-state index in [4.69, 9.17) is 0 Å². The standard InChI is InChI=1S/C50H35OPS2/c51-52(42-20-8-3-9-21-42,43-28-24-36(25-29-43)32-45(38-14-4-1-5-15-38)49-34-40-18-10-12-22-47(40)53-49)44-30-26-37(27-31-44)33-46(39-16-6-2-7-17-39)50-35-41-19-11-13-23-48(41)54-50/h1-35H/b45-32+,46-33+. The van der Waals surface area contributed by atoms with Gasteiger partial charge in [-0.05, 0) is 80.6 Å². The quantitative estimate of drug-likeness (QED) is 0.106. The van der Waals surface area contributed by atoms with Crippen molar-refractivity contribution in [3.63, 3.8) is 0 Å². The third kappa shape index (κ3) is 6.75. The smallest absolute Gasteiger partial charge is 0.171 e.